The number of rotatable bonds is 1. The molecule has 0 atom stereocenters. The molecular formula is C17H14O. The molecule has 0 bridgehead atoms. The monoisotopic (exact) mass is 234 g/mol. The highest BCUT2D eigenvalue weighted by Gasteiger charge is 2.02. The van der Waals surface area contributed by atoms with Crippen LogP contribution in [0.3, 0.4) is 0 Å². The molecule has 18 heavy (non-hydrogen) atoms. The third-order valence-electron chi connectivity index (χ3n) is 3.21. The van der Waals surface area contributed by atoms with Crippen molar-refractivity contribution in [3.63, 3.8) is 0 Å². The van der Waals surface area contributed by atoms with Gasteiger partial charge in [0.1, 0.15) is 5.75 Å². The van der Waals surface area contributed by atoms with Gasteiger partial charge in [-0.2, -0.15) is 0 Å². The highest BCUT2D eigenvalue weighted by Crippen LogP contribution is 2.29. The molecule has 3 rings (SSSR count). The molecule has 0 aliphatic rings. The maximum Gasteiger partial charge on any atom is 0.123 e. The second kappa shape index (κ2) is 4.19. The Bertz CT molecular complexity index is 714. The zero-order valence-corrected chi connectivity index (χ0v) is 10.2. The smallest absolute Gasteiger partial charge is 0.123 e. The Balaban J connectivity index is 2.20. The van der Waals surface area contributed by atoms with Crippen LogP contribution in [0.5, 0.6) is 5.75 Å². The van der Waals surface area contributed by atoms with E-state index >= 15 is 0 Å². The maximum atomic E-state index is 9.78. The summed E-state index contributed by atoms with van der Waals surface area (Å²) in [4.78, 5) is 0. The second-order valence-corrected chi connectivity index (χ2v) is 4.58. The normalized spacial score (nSPS) is 10.7. The summed E-state index contributed by atoms with van der Waals surface area (Å²) in [5.74, 6) is 0.336. The molecule has 1 heteroatoms. The summed E-state index contributed by atoms with van der Waals surface area (Å²) in [6.45, 7) is 2.09. The fraction of sp³-hybridized carbons (Fsp3) is 0.0588. The number of benzene rings is 3. The van der Waals surface area contributed by atoms with Gasteiger partial charge in [-0.3, -0.25) is 0 Å². The predicted octanol–water partition coefficient (Wildman–Crippen LogP) is 4.52. The van der Waals surface area contributed by atoms with Crippen LogP contribution in [0, 0.1) is 6.92 Å². The second-order valence-electron chi connectivity index (χ2n) is 4.58. The first-order chi connectivity index (χ1) is 8.74. The van der Waals surface area contributed by atoms with E-state index in [0.29, 0.717) is 5.75 Å². The number of hydrogen-bond donors (Lipinski definition) is 1. The average Bonchev–Trinajstić information content (AvgIpc) is 2.39. The van der Waals surface area contributed by atoms with Crippen LogP contribution in [0.15, 0.2) is 60.7 Å². The van der Waals surface area contributed by atoms with Gasteiger partial charge in [0.2, 0.25) is 0 Å². The average molecular weight is 234 g/mol. The molecule has 3 aromatic rings. The lowest BCUT2D eigenvalue weighted by Crippen LogP contribution is -1.80. The van der Waals surface area contributed by atoms with Crippen LogP contribution in [0.25, 0.3) is 21.9 Å². The summed E-state index contributed by atoms with van der Waals surface area (Å²) >= 11 is 0. The van der Waals surface area contributed by atoms with E-state index in [2.05, 4.69) is 43.3 Å². The Morgan fingerprint density at radius 1 is 0.778 bits per heavy atom. The van der Waals surface area contributed by atoms with E-state index in [4.69, 9.17) is 0 Å². The number of phenols is 1. The lowest BCUT2D eigenvalue weighted by atomic mass is 10.00. The van der Waals surface area contributed by atoms with E-state index in [0.717, 1.165) is 10.8 Å². The van der Waals surface area contributed by atoms with E-state index in [-0.39, 0.29) is 0 Å². The molecule has 0 aromatic heterocycles. The van der Waals surface area contributed by atoms with Crippen molar-refractivity contribution in [3.05, 3.63) is 66.2 Å². The first-order valence-electron chi connectivity index (χ1n) is 6.03. The minimum atomic E-state index is 0.336. The number of aryl methyl sites for hydroxylation is 1. The van der Waals surface area contributed by atoms with Crippen LogP contribution in [-0.4, -0.2) is 5.11 Å². The van der Waals surface area contributed by atoms with Gasteiger partial charge in [-0.1, -0.05) is 54.1 Å². The zero-order valence-electron chi connectivity index (χ0n) is 10.2. The Morgan fingerprint density at radius 3 is 2.39 bits per heavy atom. The van der Waals surface area contributed by atoms with Crippen molar-refractivity contribution in [1.82, 2.24) is 0 Å². The number of phenolic OH excluding ortho intramolecular Hbond substituents is 1. The lowest BCUT2D eigenvalue weighted by Gasteiger charge is -2.06. The molecule has 0 saturated heterocycles. The third kappa shape index (κ3) is 1.84. The Hall–Kier alpha value is -2.28. The van der Waals surface area contributed by atoms with Crippen molar-refractivity contribution < 1.29 is 5.11 Å². The van der Waals surface area contributed by atoms with E-state index in [1.807, 2.05) is 18.2 Å². The van der Waals surface area contributed by atoms with Crippen molar-refractivity contribution in [2.24, 2.45) is 0 Å². The molecule has 0 heterocycles. The number of hydrogen-bond acceptors (Lipinski definition) is 1. The molecule has 3 aromatic carbocycles. The van der Waals surface area contributed by atoms with E-state index < -0.39 is 0 Å². The minimum absolute atomic E-state index is 0.336. The predicted molar refractivity (Wildman–Crippen MR) is 75.8 cm³/mol. The van der Waals surface area contributed by atoms with Crippen molar-refractivity contribution in [2.75, 3.05) is 0 Å². The Kier molecular flexibility index (Phi) is 2.52. The number of aromatic hydroxyl groups is 1. The van der Waals surface area contributed by atoms with Crippen molar-refractivity contribution in [3.8, 4) is 16.9 Å². The first-order valence-corrected chi connectivity index (χ1v) is 6.03. The zero-order chi connectivity index (χ0) is 12.5. The first kappa shape index (κ1) is 10.8. The van der Waals surface area contributed by atoms with Gasteiger partial charge >= 0.3 is 0 Å². The fourth-order valence-corrected chi connectivity index (χ4v) is 2.27. The molecule has 1 N–H and O–H groups in total. The Morgan fingerprint density at radius 2 is 1.56 bits per heavy atom. The van der Waals surface area contributed by atoms with Crippen LogP contribution >= 0.6 is 0 Å². The Labute approximate surface area is 106 Å². The summed E-state index contributed by atoms with van der Waals surface area (Å²) in [6.07, 6.45) is 0. The SMILES string of the molecule is Cc1cccc(-c2ccc3c(O)cccc3c2)c1. The standard InChI is InChI=1S/C17H14O/c1-12-4-2-5-13(10-12)14-8-9-16-15(11-14)6-3-7-17(16)18/h2-11,18H,1H3. The largest absolute Gasteiger partial charge is 0.507 e. The molecule has 0 saturated carbocycles. The molecule has 0 amide bonds. The fourth-order valence-electron chi connectivity index (χ4n) is 2.27. The number of fused-ring (bicyclic) bond motifs is 1. The molecule has 0 aliphatic heterocycles. The summed E-state index contributed by atoms with van der Waals surface area (Å²) in [5, 5.41) is 11.7. The highest BCUT2D eigenvalue weighted by molar-refractivity contribution is 5.91. The van der Waals surface area contributed by atoms with Gasteiger partial charge in [0.05, 0.1) is 0 Å². The van der Waals surface area contributed by atoms with Gasteiger partial charge in [0, 0.05) is 5.39 Å². The van der Waals surface area contributed by atoms with Crippen LogP contribution < -0.4 is 0 Å². The molecule has 0 spiro atoms. The molecule has 0 unspecified atom stereocenters. The van der Waals surface area contributed by atoms with Crippen molar-refractivity contribution in [1.29, 1.82) is 0 Å². The van der Waals surface area contributed by atoms with Crippen LogP contribution in [-0.2, 0) is 0 Å². The van der Waals surface area contributed by atoms with Crippen LogP contribution in [0.1, 0.15) is 5.56 Å². The molecule has 0 aliphatic carbocycles. The summed E-state index contributed by atoms with van der Waals surface area (Å²) in [5.41, 5.74) is 3.64. The highest BCUT2D eigenvalue weighted by atomic mass is 16.3. The molecular weight excluding hydrogens is 220 g/mol. The van der Waals surface area contributed by atoms with Gasteiger partial charge in [-0.05, 0) is 35.6 Å². The molecule has 0 fully saturated rings. The van der Waals surface area contributed by atoms with E-state index in [9.17, 15) is 5.11 Å². The van der Waals surface area contributed by atoms with Crippen molar-refractivity contribution in [2.45, 2.75) is 6.92 Å². The van der Waals surface area contributed by atoms with Crippen molar-refractivity contribution >= 4 is 10.8 Å². The van der Waals surface area contributed by atoms with Crippen LogP contribution in [0.2, 0.25) is 0 Å². The molecule has 0 radical (unpaired) electrons. The minimum Gasteiger partial charge on any atom is -0.507 e. The van der Waals surface area contributed by atoms with Gasteiger partial charge < -0.3 is 5.11 Å². The molecule has 1 nitrogen and oxygen atoms in total. The summed E-state index contributed by atoms with van der Waals surface area (Å²) in [7, 11) is 0. The topological polar surface area (TPSA) is 20.2 Å². The molecule has 88 valence electrons. The van der Waals surface area contributed by atoms with Gasteiger partial charge in [-0.15, -0.1) is 0 Å². The lowest BCUT2D eigenvalue weighted by molar-refractivity contribution is 0.481. The van der Waals surface area contributed by atoms with Crippen LogP contribution in [0.4, 0.5) is 0 Å². The summed E-state index contributed by atoms with van der Waals surface area (Å²) < 4.78 is 0. The quantitative estimate of drug-likeness (QED) is 0.656. The van der Waals surface area contributed by atoms with Gasteiger partial charge in [0.15, 0.2) is 0 Å². The van der Waals surface area contributed by atoms with E-state index in [1.165, 1.54) is 16.7 Å². The maximum absolute atomic E-state index is 9.78. The van der Waals surface area contributed by atoms with Gasteiger partial charge in [0.25, 0.3) is 0 Å². The van der Waals surface area contributed by atoms with E-state index in [1.54, 1.807) is 6.07 Å². The van der Waals surface area contributed by atoms with Gasteiger partial charge in [-0.25, -0.2) is 0 Å². The summed E-state index contributed by atoms with van der Waals surface area (Å²) in [6, 6.07) is 20.2. The third-order valence-corrected chi connectivity index (χ3v) is 3.21.